The summed E-state index contributed by atoms with van der Waals surface area (Å²) in [5, 5.41) is 0.443. The molecule has 0 aromatic heterocycles. The number of rotatable bonds is 1. The van der Waals surface area contributed by atoms with Crippen molar-refractivity contribution >= 4 is 29.5 Å². The molecule has 52 valence electrons. The van der Waals surface area contributed by atoms with Crippen LogP contribution in [-0.2, 0) is 0 Å². The van der Waals surface area contributed by atoms with Gasteiger partial charge in [-0.25, -0.2) is 0 Å². The van der Waals surface area contributed by atoms with Gasteiger partial charge in [-0.1, -0.05) is 35.3 Å². The average Bonchev–Trinajstić information content (AvgIpc) is 1.96. The van der Waals surface area contributed by atoms with E-state index in [2.05, 4.69) is 0 Å². The summed E-state index contributed by atoms with van der Waals surface area (Å²) in [6.45, 7) is 0. The van der Waals surface area contributed by atoms with E-state index < -0.39 is 0 Å². The van der Waals surface area contributed by atoms with Gasteiger partial charge < -0.3 is 0 Å². The van der Waals surface area contributed by atoms with E-state index in [1.165, 1.54) is 12.1 Å². The Bertz CT molecular complexity index is 299. The van der Waals surface area contributed by atoms with Crippen molar-refractivity contribution in [3.63, 3.8) is 0 Å². The highest BCUT2D eigenvalue weighted by Gasteiger charge is 2.00. The highest BCUT2D eigenvalue weighted by molar-refractivity contribution is 6.43. The number of aldehydes is 1. The molecule has 0 unspecified atom stereocenters. The molecule has 0 saturated carbocycles. The topological polar surface area (TPSA) is 17.1 Å². The van der Waals surface area contributed by atoms with E-state index in [-0.39, 0.29) is 21.7 Å². The molecule has 1 aromatic rings. The van der Waals surface area contributed by atoms with Gasteiger partial charge in [-0.15, -0.1) is 0 Å². The van der Waals surface area contributed by atoms with E-state index in [1.807, 2.05) is 0 Å². The number of halogens is 2. The van der Waals surface area contributed by atoms with Gasteiger partial charge in [0.25, 0.3) is 0 Å². The summed E-state index contributed by atoms with van der Waals surface area (Å²) in [6.07, 6.45) is 0.576. The molecule has 1 rings (SSSR count). The predicted molar refractivity (Wildman–Crippen MR) is 41.8 cm³/mol. The Morgan fingerprint density at radius 1 is 1.50 bits per heavy atom. The maximum atomic E-state index is 10.3. The molecule has 0 radical (unpaired) electrons. The number of hydrogen-bond acceptors (Lipinski definition) is 1. The Balaban J connectivity index is 3.35. The molecular weight excluding hydrogens is 171 g/mol. The third-order valence-electron chi connectivity index (χ3n) is 1.04. The number of benzene rings is 1. The lowest BCUT2D eigenvalue weighted by Crippen LogP contribution is -1.80. The minimum atomic E-state index is 0.182. The van der Waals surface area contributed by atoms with Crippen LogP contribution >= 0.6 is 23.2 Å². The Labute approximate surface area is 70.0 Å². The Morgan fingerprint density at radius 2 is 2.20 bits per heavy atom. The van der Waals surface area contributed by atoms with Crippen molar-refractivity contribution in [2.75, 3.05) is 0 Å². The molecule has 1 aromatic carbocycles. The lowest BCUT2D eigenvalue weighted by Gasteiger charge is -1.95. The van der Waals surface area contributed by atoms with Gasteiger partial charge in [0, 0.05) is 5.56 Å². The van der Waals surface area contributed by atoms with Crippen LogP contribution < -0.4 is 0 Å². The van der Waals surface area contributed by atoms with Crippen molar-refractivity contribution in [1.82, 2.24) is 0 Å². The van der Waals surface area contributed by atoms with Crippen molar-refractivity contribution in [2.45, 2.75) is 0 Å². The normalized spacial score (nSPS) is 10.8. The fraction of sp³-hybridized carbons (Fsp3) is 0. The third-order valence-corrected chi connectivity index (χ3v) is 1.86. The van der Waals surface area contributed by atoms with Crippen LogP contribution in [0.1, 0.15) is 11.7 Å². The molecular formula is C7H4Cl2O. The molecule has 1 nitrogen and oxygen atoms in total. The largest absolute Gasteiger partial charge is 0.298 e. The molecule has 10 heavy (non-hydrogen) atoms. The van der Waals surface area contributed by atoms with E-state index in [9.17, 15) is 4.79 Å². The Kier molecular flexibility index (Phi) is 1.88. The van der Waals surface area contributed by atoms with Gasteiger partial charge in [-0.2, -0.15) is 0 Å². The number of hydrogen-bond donors (Lipinski definition) is 0. The zero-order chi connectivity index (χ0) is 8.43. The second-order valence-electron chi connectivity index (χ2n) is 1.69. The molecule has 0 fully saturated rings. The predicted octanol–water partition coefficient (Wildman–Crippen LogP) is 2.81. The summed E-state index contributed by atoms with van der Waals surface area (Å²) in [4.78, 5) is 10.3. The SMILES string of the molecule is [2H]c1cc(Cl)c(Cl)c(C=O)c1. The molecule has 0 amide bonds. The minimum absolute atomic E-state index is 0.182. The lowest BCUT2D eigenvalue weighted by molar-refractivity contribution is 0.112. The van der Waals surface area contributed by atoms with E-state index in [0.717, 1.165) is 0 Å². The van der Waals surface area contributed by atoms with Gasteiger partial charge in [-0.05, 0) is 6.07 Å². The van der Waals surface area contributed by atoms with Crippen LogP contribution in [0.2, 0.25) is 10.0 Å². The van der Waals surface area contributed by atoms with Crippen molar-refractivity contribution < 1.29 is 6.17 Å². The van der Waals surface area contributed by atoms with E-state index in [0.29, 0.717) is 6.29 Å². The second kappa shape index (κ2) is 3.04. The molecule has 0 bridgehead atoms. The summed E-state index contributed by atoms with van der Waals surface area (Å²) in [5.74, 6) is 0. The van der Waals surface area contributed by atoms with Gasteiger partial charge in [-0.3, -0.25) is 4.79 Å². The van der Waals surface area contributed by atoms with Gasteiger partial charge in [0.2, 0.25) is 0 Å². The molecule has 3 heteroatoms. The first-order chi connectivity index (χ1) is 5.15. The van der Waals surface area contributed by atoms with Crippen LogP contribution in [-0.4, -0.2) is 6.29 Å². The fourth-order valence-electron chi connectivity index (χ4n) is 0.555. The zero-order valence-corrected chi connectivity index (χ0v) is 6.41. The molecule has 0 aliphatic carbocycles. The van der Waals surface area contributed by atoms with E-state index in [1.54, 1.807) is 0 Å². The second-order valence-corrected chi connectivity index (χ2v) is 2.48. The smallest absolute Gasteiger partial charge is 0.151 e. The van der Waals surface area contributed by atoms with Crippen LogP contribution in [0.15, 0.2) is 18.2 Å². The summed E-state index contributed by atoms with van der Waals surface area (Å²) < 4.78 is 7.17. The van der Waals surface area contributed by atoms with Gasteiger partial charge in [0.05, 0.1) is 11.4 Å². The molecule has 0 aliphatic rings. The van der Waals surface area contributed by atoms with E-state index >= 15 is 0 Å². The van der Waals surface area contributed by atoms with Crippen LogP contribution in [0.25, 0.3) is 0 Å². The summed E-state index contributed by atoms with van der Waals surface area (Å²) in [5.41, 5.74) is 0.254. The maximum absolute atomic E-state index is 10.3. The molecule has 0 spiro atoms. The van der Waals surface area contributed by atoms with Crippen molar-refractivity contribution in [2.24, 2.45) is 0 Å². The van der Waals surface area contributed by atoms with Crippen molar-refractivity contribution in [1.29, 1.82) is 0 Å². The van der Waals surface area contributed by atoms with Gasteiger partial charge in [0.1, 0.15) is 0 Å². The summed E-state index contributed by atoms with van der Waals surface area (Å²) >= 11 is 11.2. The first-order valence-electron chi connectivity index (χ1n) is 3.06. The quantitative estimate of drug-likeness (QED) is 0.601. The third kappa shape index (κ3) is 1.31. The first kappa shape index (κ1) is 6.20. The van der Waals surface area contributed by atoms with Crippen LogP contribution in [0.5, 0.6) is 0 Å². The molecule has 0 N–H and O–H groups in total. The maximum Gasteiger partial charge on any atom is 0.151 e. The van der Waals surface area contributed by atoms with E-state index in [4.69, 9.17) is 24.6 Å². The monoisotopic (exact) mass is 175 g/mol. The lowest BCUT2D eigenvalue weighted by atomic mass is 10.2. The fourth-order valence-corrected chi connectivity index (χ4v) is 0.881. The van der Waals surface area contributed by atoms with Crippen molar-refractivity contribution in [3.05, 3.63) is 33.8 Å². The first-order valence-corrected chi connectivity index (χ1v) is 3.31. The standard InChI is InChI=1S/C7H4Cl2O/c8-6-3-1-2-5(4-10)7(6)9/h1-4H/i1D. The van der Waals surface area contributed by atoms with Crippen LogP contribution in [0.3, 0.4) is 0 Å². The molecule has 0 atom stereocenters. The van der Waals surface area contributed by atoms with Crippen LogP contribution in [0.4, 0.5) is 0 Å². The minimum Gasteiger partial charge on any atom is -0.298 e. The highest BCUT2D eigenvalue weighted by Crippen LogP contribution is 2.23. The Morgan fingerprint density at radius 3 is 2.80 bits per heavy atom. The van der Waals surface area contributed by atoms with Gasteiger partial charge in [0.15, 0.2) is 6.29 Å². The number of carbonyl (C=O) groups is 1. The summed E-state index contributed by atoms with van der Waals surface area (Å²) in [7, 11) is 0. The van der Waals surface area contributed by atoms with Crippen LogP contribution in [0, 0.1) is 0 Å². The average molecular weight is 176 g/mol. The summed E-state index contributed by atoms with van der Waals surface area (Å²) in [6, 6.07) is 2.93. The highest BCUT2D eigenvalue weighted by atomic mass is 35.5. The molecule has 0 saturated heterocycles. The molecule has 0 heterocycles. The zero-order valence-electron chi connectivity index (χ0n) is 5.90. The van der Waals surface area contributed by atoms with Crippen molar-refractivity contribution in [3.8, 4) is 0 Å². The molecule has 0 aliphatic heterocycles. The number of carbonyl (C=O) groups excluding carboxylic acids is 1. The Hall–Kier alpha value is -0.530. The van der Waals surface area contributed by atoms with Gasteiger partial charge >= 0.3 is 0 Å².